The van der Waals surface area contributed by atoms with E-state index in [1.807, 2.05) is 20.8 Å². The summed E-state index contributed by atoms with van der Waals surface area (Å²) in [6.45, 7) is 6.95. The molecule has 0 amide bonds. The minimum absolute atomic E-state index is 0.159. The lowest BCUT2D eigenvalue weighted by Gasteiger charge is -2.16. The highest BCUT2D eigenvalue weighted by molar-refractivity contribution is 4.95. The van der Waals surface area contributed by atoms with Crippen molar-refractivity contribution in [1.82, 2.24) is 10.1 Å². The number of aromatic nitrogens is 2. The van der Waals surface area contributed by atoms with Crippen molar-refractivity contribution in [3.63, 3.8) is 0 Å². The van der Waals surface area contributed by atoms with Gasteiger partial charge in [-0.05, 0) is 12.8 Å². The number of rotatable bonds is 7. The number of hydrogen-bond donors (Lipinski definition) is 1. The quantitative estimate of drug-likeness (QED) is 0.780. The molecule has 2 unspecified atom stereocenters. The van der Waals surface area contributed by atoms with E-state index < -0.39 is 0 Å². The van der Waals surface area contributed by atoms with Crippen LogP contribution in [0.1, 0.15) is 44.7 Å². The molecule has 98 valence electrons. The summed E-state index contributed by atoms with van der Waals surface area (Å²) in [5.74, 6) is 1.22. The van der Waals surface area contributed by atoms with Gasteiger partial charge in [-0.15, -0.1) is 0 Å². The van der Waals surface area contributed by atoms with Crippen molar-refractivity contribution in [1.29, 1.82) is 0 Å². The van der Waals surface area contributed by atoms with E-state index in [4.69, 9.17) is 19.7 Å². The highest BCUT2D eigenvalue weighted by Gasteiger charge is 2.24. The molecule has 6 heteroatoms. The van der Waals surface area contributed by atoms with E-state index in [0.717, 1.165) is 0 Å². The van der Waals surface area contributed by atoms with Gasteiger partial charge in [0.25, 0.3) is 5.89 Å². The monoisotopic (exact) mass is 243 g/mol. The fourth-order valence-corrected chi connectivity index (χ4v) is 1.54. The van der Waals surface area contributed by atoms with Gasteiger partial charge in [-0.3, -0.25) is 0 Å². The van der Waals surface area contributed by atoms with Crippen LogP contribution in [0.3, 0.4) is 0 Å². The third-order valence-corrected chi connectivity index (χ3v) is 2.44. The number of hydrogen-bond acceptors (Lipinski definition) is 6. The number of nitrogens with zero attached hydrogens (tertiary/aromatic N) is 2. The van der Waals surface area contributed by atoms with E-state index >= 15 is 0 Å². The summed E-state index contributed by atoms with van der Waals surface area (Å²) in [7, 11) is 1.56. The second-order valence-electron chi connectivity index (χ2n) is 4.07. The Bertz CT molecular complexity index is 324. The van der Waals surface area contributed by atoms with Gasteiger partial charge in [0.1, 0.15) is 12.2 Å². The van der Waals surface area contributed by atoms with E-state index in [1.54, 1.807) is 7.11 Å². The maximum atomic E-state index is 5.59. The Morgan fingerprint density at radius 3 is 2.59 bits per heavy atom. The molecule has 0 aliphatic heterocycles. The van der Waals surface area contributed by atoms with Crippen LogP contribution in [0.4, 0.5) is 0 Å². The molecule has 17 heavy (non-hydrogen) atoms. The molecule has 2 atom stereocenters. The van der Waals surface area contributed by atoms with E-state index in [1.165, 1.54) is 0 Å². The molecule has 1 heterocycles. The maximum Gasteiger partial charge on any atom is 0.257 e. The lowest BCUT2D eigenvalue weighted by molar-refractivity contribution is 0.0217. The van der Waals surface area contributed by atoms with Crippen LogP contribution in [-0.4, -0.2) is 30.4 Å². The minimum atomic E-state index is -0.356. The molecule has 0 aliphatic rings. The van der Waals surface area contributed by atoms with Crippen molar-refractivity contribution in [2.75, 3.05) is 20.3 Å². The Morgan fingerprint density at radius 2 is 2.12 bits per heavy atom. The molecule has 0 aliphatic carbocycles. The first-order chi connectivity index (χ1) is 8.13. The topological polar surface area (TPSA) is 83.4 Å². The van der Waals surface area contributed by atoms with Crippen molar-refractivity contribution >= 4 is 0 Å². The number of ether oxygens (including phenoxy) is 2. The van der Waals surface area contributed by atoms with Crippen LogP contribution in [0.25, 0.3) is 0 Å². The fraction of sp³-hybridized carbons (Fsp3) is 0.818. The zero-order chi connectivity index (χ0) is 12.8. The Kier molecular flexibility index (Phi) is 5.54. The van der Waals surface area contributed by atoms with Gasteiger partial charge in [0.15, 0.2) is 0 Å². The summed E-state index contributed by atoms with van der Waals surface area (Å²) in [4.78, 5) is 4.28. The van der Waals surface area contributed by atoms with Gasteiger partial charge in [0, 0.05) is 20.3 Å². The van der Waals surface area contributed by atoms with Gasteiger partial charge in [-0.2, -0.15) is 4.98 Å². The third kappa shape index (κ3) is 3.49. The molecule has 0 aromatic carbocycles. The summed E-state index contributed by atoms with van der Waals surface area (Å²) in [5, 5.41) is 3.93. The van der Waals surface area contributed by atoms with Gasteiger partial charge in [0.2, 0.25) is 5.82 Å². The summed E-state index contributed by atoms with van der Waals surface area (Å²) < 4.78 is 15.9. The Labute approximate surface area is 101 Å². The molecule has 0 saturated heterocycles. The fourth-order valence-electron chi connectivity index (χ4n) is 1.54. The van der Waals surface area contributed by atoms with Crippen LogP contribution >= 0.6 is 0 Å². The standard InChI is InChI=1S/C11H21N3O3/c1-5-16-9(7(2)3)10-13-11(17-14-10)8(6-12)15-4/h7-9H,5-6,12H2,1-4H3. The van der Waals surface area contributed by atoms with Crippen molar-refractivity contribution in [3.05, 3.63) is 11.7 Å². The van der Waals surface area contributed by atoms with Crippen LogP contribution in [0.5, 0.6) is 0 Å². The van der Waals surface area contributed by atoms with Crippen molar-refractivity contribution < 1.29 is 14.0 Å². The molecule has 0 bridgehead atoms. The third-order valence-electron chi connectivity index (χ3n) is 2.44. The molecular weight excluding hydrogens is 222 g/mol. The van der Waals surface area contributed by atoms with Gasteiger partial charge < -0.3 is 19.7 Å². The van der Waals surface area contributed by atoms with Crippen LogP contribution in [0, 0.1) is 5.92 Å². The van der Waals surface area contributed by atoms with Crippen LogP contribution < -0.4 is 5.73 Å². The summed E-state index contributed by atoms with van der Waals surface area (Å²) in [5.41, 5.74) is 5.54. The van der Waals surface area contributed by atoms with Gasteiger partial charge >= 0.3 is 0 Å². The predicted molar refractivity (Wildman–Crippen MR) is 62.3 cm³/mol. The van der Waals surface area contributed by atoms with Gasteiger partial charge in [-0.1, -0.05) is 19.0 Å². The molecule has 1 aromatic rings. The van der Waals surface area contributed by atoms with Gasteiger partial charge in [0.05, 0.1) is 0 Å². The largest absolute Gasteiger partial charge is 0.370 e. The molecular formula is C11H21N3O3. The van der Waals surface area contributed by atoms with Crippen LogP contribution in [0.2, 0.25) is 0 Å². The first-order valence-electron chi connectivity index (χ1n) is 5.81. The first-order valence-corrected chi connectivity index (χ1v) is 5.81. The van der Waals surface area contributed by atoms with E-state index in [2.05, 4.69) is 10.1 Å². The molecule has 1 rings (SSSR count). The SMILES string of the molecule is CCOC(c1noc(C(CN)OC)n1)C(C)C. The Morgan fingerprint density at radius 1 is 1.41 bits per heavy atom. The lowest BCUT2D eigenvalue weighted by atomic mass is 10.1. The Hall–Kier alpha value is -0.980. The Balaban J connectivity index is 2.84. The lowest BCUT2D eigenvalue weighted by Crippen LogP contribution is -2.16. The molecule has 6 nitrogen and oxygen atoms in total. The number of nitrogens with two attached hydrogens (primary N) is 1. The normalized spacial score (nSPS) is 15.2. The number of methoxy groups -OCH3 is 1. The summed E-state index contributed by atoms with van der Waals surface area (Å²) in [6.07, 6.45) is -0.515. The highest BCUT2D eigenvalue weighted by Crippen LogP contribution is 2.24. The first kappa shape index (κ1) is 14.1. The van der Waals surface area contributed by atoms with Crippen molar-refractivity contribution in [2.45, 2.75) is 33.0 Å². The molecule has 0 radical (unpaired) electrons. The van der Waals surface area contributed by atoms with Crippen molar-refractivity contribution in [2.24, 2.45) is 11.7 Å². The maximum absolute atomic E-state index is 5.59. The van der Waals surface area contributed by atoms with E-state index in [9.17, 15) is 0 Å². The summed E-state index contributed by atoms with van der Waals surface area (Å²) in [6, 6.07) is 0. The van der Waals surface area contributed by atoms with Crippen LogP contribution in [0.15, 0.2) is 4.52 Å². The predicted octanol–water partition coefficient (Wildman–Crippen LogP) is 1.45. The van der Waals surface area contributed by atoms with Gasteiger partial charge in [-0.25, -0.2) is 0 Å². The average molecular weight is 243 g/mol. The highest BCUT2D eigenvalue weighted by atomic mass is 16.5. The average Bonchev–Trinajstić information content (AvgIpc) is 2.76. The van der Waals surface area contributed by atoms with E-state index in [0.29, 0.717) is 24.9 Å². The smallest absolute Gasteiger partial charge is 0.257 e. The molecule has 1 aromatic heterocycles. The molecule has 0 fully saturated rings. The summed E-state index contributed by atoms with van der Waals surface area (Å²) >= 11 is 0. The molecule has 2 N–H and O–H groups in total. The zero-order valence-corrected chi connectivity index (χ0v) is 10.8. The van der Waals surface area contributed by atoms with Crippen LogP contribution in [-0.2, 0) is 9.47 Å². The second kappa shape index (κ2) is 6.68. The van der Waals surface area contributed by atoms with Crippen molar-refractivity contribution in [3.8, 4) is 0 Å². The zero-order valence-electron chi connectivity index (χ0n) is 10.8. The van der Waals surface area contributed by atoms with E-state index in [-0.39, 0.29) is 18.1 Å². The molecule has 0 saturated carbocycles. The minimum Gasteiger partial charge on any atom is -0.370 e. The second-order valence-corrected chi connectivity index (χ2v) is 4.07. The molecule has 0 spiro atoms.